The number of ketones is 1. The molecule has 2 N–H and O–H groups in total. The summed E-state index contributed by atoms with van der Waals surface area (Å²) < 4.78 is 15.5. The van der Waals surface area contributed by atoms with E-state index in [1.165, 1.54) is 7.11 Å². The first kappa shape index (κ1) is 26.4. The molecule has 182 valence electrons. The van der Waals surface area contributed by atoms with Crippen molar-refractivity contribution in [1.29, 1.82) is 0 Å². The molecule has 34 heavy (non-hydrogen) atoms. The van der Waals surface area contributed by atoms with Crippen LogP contribution in [0, 0.1) is 6.92 Å². The molecule has 0 radical (unpaired) electrons. The number of rotatable bonds is 13. The molecule has 2 amide bonds. The maximum absolute atomic E-state index is 12.2. The number of ether oxygens (including phenoxy) is 3. The minimum absolute atomic E-state index is 0.0453. The Morgan fingerprint density at radius 1 is 0.941 bits per heavy atom. The highest BCUT2D eigenvalue weighted by Gasteiger charge is 2.13. The van der Waals surface area contributed by atoms with Crippen LogP contribution in [0.2, 0.25) is 0 Å². The normalized spacial score (nSPS) is 10.2. The van der Waals surface area contributed by atoms with Crippen molar-refractivity contribution in [3.8, 4) is 11.5 Å². The summed E-state index contributed by atoms with van der Waals surface area (Å²) in [6.07, 6.45) is 0.681. The van der Waals surface area contributed by atoms with Crippen molar-refractivity contribution in [2.24, 2.45) is 0 Å². The van der Waals surface area contributed by atoms with Crippen LogP contribution in [0.5, 0.6) is 11.5 Å². The number of hydrogen-bond donors (Lipinski definition) is 2. The Balaban J connectivity index is 1.67. The number of amides is 2. The molecule has 2 aromatic rings. The zero-order valence-corrected chi connectivity index (χ0v) is 19.6. The van der Waals surface area contributed by atoms with E-state index in [1.54, 1.807) is 36.4 Å². The smallest absolute Gasteiger partial charge is 0.306 e. The molecule has 0 fully saturated rings. The molecule has 0 saturated heterocycles. The van der Waals surface area contributed by atoms with Gasteiger partial charge in [-0.15, -0.1) is 0 Å². The van der Waals surface area contributed by atoms with Crippen molar-refractivity contribution in [1.82, 2.24) is 5.32 Å². The maximum Gasteiger partial charge on any atom is 0.306 e. The molecule has 0 heterocycles. The van der Waals surface area contributed by atoms with Crippen LogP contribution >= 0.6 is 0 Å². The average Bonchev–Trinajstić information content (AvgIpc) is 2.84. The van der Waals surface area contributed by atoms with Gasteiger partial charge < -0.3 is 24.8 Å². The summed E-state index contributed by atoms with van der Waals surface area (Å²) in [7, 11) is 1.49. The topological polar surface area (TPSA) is 120 Å². The van der Waals surface area contributed by atoms with Gasteiger partial charge in [-0.1, -0.05) is 13.0 Å². The Labute approximate surface area is 198 Å². The molecule has 2 aromatic carbocycles. The van der Waals surface area contributed by atoms with Gasteiger partial charge in [0.2, 0.25) is 5.91 Å². The summed E-state index contributed by atoms with van der Waals surface area (Å²) in [6.45, 7) is 3.63. The molecule has 0 unspecified atom stereocenters. The number of Topliss-reactive ketones (excluding diaryl/α,β-unsaturated/α-hetero) is 1. The second-order valence-electron chi connectivity index (χ2n) is 7.49. The van der Waals surface area contributed by atoms with E-state index < -0.39 is 24.4 Å². The molecule has 0 aliphatic heterocycles. The average molecular weight is 471 g/mol. The van der Waals surface area contributed by atoms with Gasteiger partial charge in [0.1, 0.15) is 11.5 Å². The summed E-state index contributed by atoms with van der Waals surface area (Å²) in [5.74, 6) is -0.814. The van der Waals surface area contributed by atoms with E-state index in [0.717, 1.165) is 12.0 Å². The zero-order chi connectivity index (χ0) is 24.9. The van der Waals surface area contributed by atoms with Crippen LogP contribution in [-0.4, -0.2) is 50.4 Å². The van der Waals surface area contributed by atoms with Crippen molar-refractivity contribution in [3.63, 3.8) is 0 Å². The van der Waals surface area contributed by atoms with Crippen LogP contribution in [0.4, 0.5) is 5.69 Å². The van der Waals surface area contributed by atoms with Gasteiger partial charge in [-0.25, -0.2) is 0 Å². The number of methoxy groups -OCH3 is 1. The highest BCUT2D eigenvalue weighted by molar-refractivity contribution is 5.98. The van der Waals surface area contributed by atoms with Crippen LogP contribution in [0.1, 0.15) is 42.1 Å². The second-order valence-corrected chi connectivity index (χ2v) is 7.49. The Kier molecular flexibility index (Phi) is 10.6. The van der Waals surface area contributed by atoms with E-state index in [1.807, 2.05) is 19.9 Å². The summed E-state index contributed by atoms with van der Waals surface area (Å²) in [6, 6.07) is 12.0. The summed E-state index contributed by atoms with van der Waals surface area (Å²) in [5, 5.41) is 5.03. The van der Waals surface area contributed by atoms with Crippen LogP contribution in [0.25, 0.3) is 0 Å². The highest BCUT2D eigenvalue weighted by Crippen LogP contribution is 2.24. The fraction of sp³-hybridized carbons (Fsp3) is 0.360. The standard InChI is InChI=1S/C25H30N2O7/c1-4-13-33-19-8-6-18(7-9-19)21(28)10-12-25(31)34-16-24(30)26-15-23(29)27-20-14-17(2)5-11-22(20)32-3/h5-9,11,14H,4,10,12-13,15-16H2,1-3H3,(H,26,30)(H,27,29). The van der Waals surface area contributed by atoms with Gasteiger partial charge in [0.25, 0.3) is 5.91 Å². The van der Waals surface area contributed by atoms with Crippen LogP contribution in [-0.2, 0) is 19.1 Å². The molecule has 9 nitrogen and oxygen atoms in total. The number of nitrogens with one attached hydrogen (secondary N) is 2. The first-order valence-electron chi connectivity index (χ1n) is 10.9. The number of benzene rings is 2. The number of anilines is 1. The summed E-state index contributed by atoms with van der Waals surface area (Å²) in [5.41, 5.74) is 1.88. The van der Waals surface area contributed by atoms with Crippen LogP contribution in [0.3, 0.4) is 0 Å². The number of esters is 1. The van der Waals surface area contributed by atoms with E-state index in [4.69, 9.17) is 14.2 Å². The third-order valence-electron chi connectivity index (χ3n) is 4.64. The maximum atomic E-state index is 12.2. The Morgan fingerprint density at radius 3 is 2.35 bits per heavy atom. The van der Waals surface area contributed by atoms with Gasteiger partial charge >= 0.3 is 5.97 Å². The first-order valence-corrected chi connectivity index (χ1v) is 10.9. The molecular weight excluding hydrogens is 440 g/mol. The van der Waals surface area contributed by atoms with E-state index in [-0.39, 0.29) is 25.2 Å². The quantitative estimate of drug-likeness (QED) is 0.341. The largest absolute Gasteiger partial charge is 0.495 e. The first-order chi connectivity index (χ1) is 16.3. The molecule has 0 aliphatic carbocycles. The highest BCUT2D eigenvalue weighted by atomic mass is 16.5. The Hall–Kier alpha value is -3.88. The molecule has 2 rings (SSSR count). The van der Waals surface area contributed by atoms with Crippen LogP contribution < -0.4 is 20.1 Å². The fourth-order valence-corrected chi connectivity index (χ4v) is 2.88. The van der Waals surface area contributed by atoms with Gasteiger partial charge in [0.05, 0.1) is 32.4 Å². The lowest BCUT2D eigenvalue weighted by atomic mass is 10.1. The molecular formula is C25H30N2O7. The molecule has 9 heteroatoms. The summed E-state index contributed by atoms with van der Waals surface area (Å²) >= 11 is 0. The van der Waals surface area contributed by atoms with Crippen molar-refractivity contribution in [2.75, 3.05) is 32.2 Å². The predicted molar refractivity (Wildman–Crippen MR) is 126 cm³/mol. The molecule has 0 spiro atoms. The summed E-state index contributed by atoms with van der Waals surface area (Å²) in [4.78, 5) is 48.1. The van der Waals surface area contributed by atoms with Crippen LogP contribution in [0.15, 0.2) is 42.5 Å². The lowest BCUT2D eigenvalue weighted by molar-refractivity contribution is -0.148. The van der Waals surface area contributed by atoms with Gasteiger partial charge in [0.15, 0.2) is 12.4 Å². The van der Waals surface area contributed by atoms with E-state index in [9.17, 15) is 19.2 Å². The fourth-order valence-electron chi connectivity index (χ4n) is 2.88. The van der Waals surface area contributed by atoms with Gasteiger partial charge in [-0.2, -0.15) is 0 Å². The predicted octanol–water partition coefficient (Wildman–Crippen LogP) is 3.05. The molecule has 0 aliphatic rings. The Morgan fingerprint density at radius 2 is 1.68 bits per heavy atom. The number of hydrogen-bond acceptors (Lipinski definition) is 7. The molecule has 0 saturated carbocycles. The lowest BCUT2D eigenvalue weighted by Gasteiger charge is -2.11. The monoisotopic (exact) mass is 470 g/mol. The van der Waals surface area contributed by atoms with Crippen molar-refractivity contribution >= 4 is 29.3 Å². The minimum Gasteiger partial charge on any atom is -0.495 e. The van der Waals surface area contributed by atoms with Crippen molar-refractivity contribution in [3.05, 3.63) is 53.6 Å². The van der Waals surface area contributed by atoms with E-state index in [0.29, 0.717) is 29.4 Å². The van der Waals surface area contributed by atoms with Gasteiger partial charge in [-0.05, 0) is 55.3 Å². The van der Waals surface area contributed by atoms with E-state index >= 15 is 0 Å². The van der Waals surface area contributed by atoms with Gasteiger partial charge in [0, 0.05) is 12.0 Å². The number of carbonyl (C=O) groups is 4. The molecule has 0 bridgehead atoms. The van der Waals surface area contributed by atoms with E-state index in [2.05, 4.69) is 10.6 Å². The Bertz CT molecular complexity index is 1000. The third-order valence-corrected chi connectivity index (χ3v) is 4.64. The number of carbonyl (C=O) groups excluding carboxylic acids is 4. The van der Waals surface area contributed by atoms with Crippen molar-refractivity contribution in [2.45, 2.75) is 33.1 Å². The number of aryl methyl sites for hydroxylation is 1. The minimum atomic E-state index is -0.680. The SMILES string of the molecule is CCCOc1ccc(C(=O)CCC(=O)OCC(=O)NCC(=O)Nc2cc(C)ccc2OC)cc1. The second kappa shape index (κ2) is 13.6. The molecule has 0 aromatic heterocycles. The van der Waals surface area contributed by atoms with Gasteiger partial charge in [-0.3, -0.25) is 19.2 Å². The molecule has 0 atom stereocenters. The zero-order valence-electron chi connectivity index (χ0n) is 19.6. The lowest BCUT2D eigenvalue weighted by Crippen LogP contribution is -2.35. The third kappa shape index (κ3) is 8.93. The van der Waals surface area contributed by atoms with Crippen molar-refractivity contribution < 1.29 is 33.4 Å².